The van der Waals surface area contributed by atoms with Gasteiger partial charge >= 0.3 is 0 Å². The standard InChI is InChI=1S/C10H9N3O.H2/c1-7-2-3-8(4-11-7)10-12-5-9(6-14)13-10;/h2-6H,1H3,(H,12,13);1H. The molecule has 2 aromatic heterocycles. The lowest BCUT2D eigenvalue weighted by molar-refractivity contribution is 0.111. The zero-order valence-electron chi connectivity index (χ0n) is 7.69. The van der Waals surface area contributed by atoms with Crippen molar-refractivity contribution >= 4 is 6.29 Å². The zero-order valence-corrected chi connectivity index (χ0v) is 7.69. The van der Waals surface area contributed by atoms with Gasteiger partial charge < -0.3 is 4.98 Å². The van der Waals surface area contributed by atoms with Crippen molar-refractivity contribution in [3.05, 3.63) is 35.9 Å². The molecular weight excluding hydrogens is 178 g/mol. The third-order valence-corrected chi connectivity index (χ3v) is 1.91. The van der Waals surface area contributed by atoms with Crippen LogP contribution in [0.1, 0.15) is 17.6 Å². The number of rotatable bonds is 2. The molecule has 0 amide bonds. The Morgan fingerprint density at radius 2 is 2.21 bits per heavy atom. The van der Waals surface area contributed by atoms with Crippen LogP contribution < -0.4 is 0 Å². The highest BCUT2D eigenvalue weighted by molar-refractivity contribution is 5.73. The summed E-state index contributed by atoms with van der Waals surface area (Å²) in [4.78, 5) is 21.5. The summed E-state index contributed by atoms with van der Waals surface area (Å²) in [6, 6.07) is 3.81. The van der Waals surface area contributed by atoms with Crippen molar-refractivity contribution in [1.82, 2.24) is 15.0 Å². The highest BCUT2D eigenvalue weighted by atomic mass is 16.1. The third kappa shape index (κ3) is 1.54. The molecule has 0 aliphatic rings. The number of nitrogens with one attached hydrogen (secondary N) is 1. The first-order valence-electron chi connectivity index (χ1n) is 4.23. The molecule has 14 heavy (non-hydrogen) atoms. The fraction of sp³-hybridized carbons (Fsp3) is 0.100. The average molecular weight is 189 g/mol. The number of pyridine rings is 1. The van der Waals surface area contributed by atoms with E-state index in [1.807, 2.05) is 19.1 Å². The molecule has 2 aromatic rings. The van der Waals surface area contributed by atoms with Gasteiger partial charge in [0.1, 0.15) is 5.82 Å². The molecule has 2 heterocycles. The molecule has 0 unspecified atom stereocenters. The van der Waals surface area contributed by atoms with E-state index in [4.69, 9.17) is 0 Å². The van der Waals surface area contributed by atoms with Gasteiger partial charge in [-0.1, -0.05) is 0 Å². The van der Waals surface area contributed by atoms with Crippen LogP contribution >= 0.6 is 0 Å². The second kappa shape index (κ2) is 3.41. The molecule has 0 radical (unpaired) electrons. The van der Waals surface area contributed by atoms with Gasteiger partial charge in [0.2, 0.25) is 0 Å². The van der Waals surface area contributed by atoms with Gasteiger partial charge in [0, 0.05) is 18.9 Å². The number of aromatic nitrogens is 3. The maximum absolute atomic E-state index is 10.4. The number of H-pyrrole nitrogens is 1. The zero-order chi connectivity index (χ0) is 9.97. The van der Waals surface area contributed by atoms with E-state index in [1.54, 1.807) is 6.20 Å². The van der Waals surface area contributed by atoms with Gasteiger partial charge in [-0.15, -0.1) is 0 Å². The van der Waals surface area contributed by atoms with Crippen LogP contribution in [-0.4, -0.2) is 21.2 Å². The Kier molecular flexibility index (Phi) is 2.10. The minimum absolute atomic E-state index is 0. The monoisotopic (exact) mass is 189 g/mol. The Hall–Kier alpha value is -1.97. The van der Waals surface area contributed by atoms with Crippen LogP contribution in [0.2, 0.25) is 0 Å². The van der Waals surface area contributed by atoms with E-state index in [1.165, 1.54) is 6.20 Å². The summed E-state index contributed by atoms with van der Waals surface area (Å²) in [5, 5.41) is 0. The first-order valence-corrected chi connectivity index (χ1v) is 4.23. The van der Waals surface area contributed by atoms with Crippen molar-refractivity contribution < 1.29 is 6.22 Å². The Morgan fingerprint density at radius 3 is 2.79 bits per heavy atom. The van der Waals surface area contributed by atoms with Crippen LogP contribution in [0.15, 0.2) is 24.5 Å². The molecule has 72 valence electrons. The van der Waals surface area contributed by atoms with Crippen molar-refractivity contribution in [3.63, 3.8) is 0 Å². The van der Waals surface area contributed by atoms with Crippen molar-refractivity contribution in [2.24, 2.45) is 0 Å². The molecule has 0 saturated heterocycles. The van der Waals surface area contributed by atoms with Gasteiger partial charge in [-0.05, 0) is 19.1 Å². The van der Waals surface area contributed by atoms with Gasteiger partial charge in [-0.25, -0.2) is 4.98 Å². The number of carbonyl (C=O) groups excluding carboxylic acids is 1. The lowest BCUT2D eigenvalue weighted by Crippen LogP contribution is -1.85. The van der Waals surface area contributed by atoms with Crippen LogP contribution in [0.5, 0.6) is 0 Å². The fourth-order valence-electron chi connectivity index (χ4n) is 1.15. The Labute approximate surface area is 82.5 Å². The minimum atomic E-state index is 0. The smallest absolute Gasteiger partial charge is 0.167 e. The molecule has 4 nitrogen and oxygen atoms in total. The molecule has 4 heteroatoms. The molecule has 0 fully saturated rings. The van der Waals surface area contributed by atoms with Gasteiger partial charge in [-0.3, -0.25) is 9.78 Å². The first-order chi connectivity index (χ1) is 6.79. The number of aldehydes is 1. The van der Waals surface area contributed by atoms with Crippen LogP contribution in [-0.2, 0) is 0 Å². The largest absolute Gasteiger partial charge is 0.336 e. The Balaban J connectivity index is 0.00000112. The average Bonchev–Trinajstić information content (AvgIpc) is 2.67. The van der Waals surface area contributed by atoms with E-state index in [0.29, 0.717) is 11.5 Å². The van der Waals surface area contributed by atoms with Crippen LogP contribution in [0.25, 0.3) is 11.4 Å². The second-order valence-electron chi connectivity index (χ2n) is 2.99. The maximum Gasteiger partial charge on any atom is 0.167 e. The van der Waals surface area contributed by atoms with Crippen LogP contribution in [0, 0.1) is 6.92 Å². The summed E-state index contributed by atoms with van der Waals surface area (Å²) in [6.07, 6.45) is 3.96. The highest BCUT2D eigenvalue weighted by Gasteiger charge is 2.02. The van der Waals surface area contributed by atoms with E-state index in [-0.39, 0.29) is 1.43 Å². The number of imidazole rings is 1. The molecule has 0 saturated carbocycles. The first kappa shape index (κ1) is 8.62. The van der Waals surface area contributed by atoms with Crippen LogP contribution in [0.4, 0.5) is 0 Å². The van der Waals surface area contributed by atoms with Crippen molar-refractivity contribution in [2.45, 2.75) is 6.92 Å². The number of aryl methyl sites for hydroxylation is 1. The van der Waals surface area contributed by atoms with Crippen molar-refractivity contribution in [1.29, 1.82) is 0 Å². The van der Waals surface area contributed by atoms with Gasteiger partial charge in [-0.2, -0.15) is 0 Å². The van der Waals surface area contributed by atoms with Gasteiger partial charge in [0.15, 0.2) is 6.29 Å². The summed E-state index contributed by atoms with van der Waals surface area (Å²) < 4.78 is 0. The van der Waals surface area contributed by atoms with E-state index in [9.17, 15) is 4.79 Å². The summed E-state index contributed by atoms with van der Waals surface area (Å²) in [6.45, 7) is 1.92. The summed E-state index contributed by atoms with van der Waals surface area (Å²) in [5.74, 6) is 0.666. The predicted octanol–water partition coefficient (Wildman–Crippen LogP) is 1.84. The molecule has 2 rings (SSSR count). The molecule has 1 N–H and O–H groups in total. The predicted molar refractivity (Wildman–Crippen MR) is 54.1 cm³/mol. The lowest BCUT2D eigenvalue weighted by atomic mass is 10.2. The summed E-state index contributed by atoms with van der Waals surface area (Å²) in [5.41, 5.74) is 2.31. The lowest BCUT2D eigenvalue weighted by Gasteiger charge is -1.95. The number of hydrogen-bond acceptors (Lipinski definition) is 3. The van der Waals surface area contributed by atoms with Crippen LogP contribution in [0.3, 0.4) is 0 Å². The molecular formula is C10H11N3O. The molecule has 0 bridgehead atoms. The van der Waals surface area contributed by atoms with E-state index >= 15 is 0 Å². The Bertz CT molecular complexity index is 450. The van der Waals surface area contributed by atoms with Gasteiger partial charge in [0.25, 0.3) is 0 Å². The second-order valence-corrected chi connectivity index (χ2v) is 2.99. The summed E-state index contributed by atoms with van der Waals surface area (Å²) >= 11 is 0. The summed E-state index contributed by atoms with van der Waals surface area (Å²) in [7, 11) is 0. The highest BCUT2D eigenvalue weighted by Crippen LogP contribution is 2.13. The number of carbonyl (C=O) groups is 1. The van der Waals surface area contributed by atoms with Crippen molar-refractivity contribution in [2.75, 3.05) is 0 Å². The number of nitrogens with zero attached hydrogens (tertiary/aromatic N) is 2. The fourth-order valence-corrected chi connectivity index (χ4v) is 1.15. The quantitative estimate of drug-likeness (QED) is 0.733. The SMILES string of the molecule is Cc1ccc(-c2ncc(C=O)[nH]2)cn1.[HH]. The van der Waals surface area contributed by atoms with Crippen molar-refractivity contribution in [3.8, 4) is 11.4 Å². The maximum atomic E-state index is 10.4. The molecule has 0 aromatic carbocycles. The van der Waals surface area contributed by atoms with Gasteiger partial charge in [0.05, 0.1) is 11.9 Å². The number of hydrogen-bond donors (Lipinski definition) is 1. The molecule has 0 aliphatic carbocycles. The Morgan fingerprint density at radius 1 is 1.36 bits per heavy atom. The van der Waals surface area contributed by atoms with E-state index in [0.717, 1.165) is 17.5 Å². The van der Waals surface area contributed by atoms with E-state index in [2.05, 4.69) is 15.0 Å². The third-order valence-electron chi connectivity index (χ3n) is 1.91. The number of aromatic amines is 1. The normalized spacial score (nSPS) is 10.1. The molecule has 0 atom stereocenters. The topological polar surface area (TPSA) is 58.6 Å². The minimum Gasteiger partial charge on any atom is -0.336 e. The molecule has 0 aliphatic heterocycles. The molecule has 0 spiro atoms. The van der Waals surface area contributed by atoms with E-state index < -0.39 is 0 Å².